The van der Waals surface area contributed by atoms with Gasteiger partial charge in [-0.15, -0.1) is 0 Å². The van der Waals surface area contributed by atoms with Crippen LogP contribution in [0.2, 0.25) is 0 Å². The zero-order valence-electron chi connectivity index (χ0n) is 19.3. The van der Waals surface area contributed by atoms with E-state index in [1.54, 1.807) is 0 Å². The fourth-order valence-electron chi connectivity index (χ4n) is 6.16. The second-order valence-corrected chi connectivity index (χ2v) is 10.5. The van der Waals surface area contributed by atoms with E-state index in [2.05, 4.69) is 125 Å². The van der Waals surface area contributed by atoms with E-state index >= 15 is 0 Å². The van der Waals surface area contributed by atoms with Crippen LogP contribution in [-0.4, -0.2) is 11.4 Å². The quantitative estimate of drug-likeness (QED) is 0.247. The minimum absolute atomic E-state index is 0.0774. The lowest BCUT2D eigenvalue weighted by molar-refractivity contribution is 1.16. The molecule has 8 rings (SSSR count). The molecule has 0 fully saturated rings. The van der Waals surface area contributed by atoms with E-state index in [-0.39, 0.29) is 6.85 Å². The first kappa shape index (κ1) is 19.4. The normalized spacial score (nSPS) is 13.6. The van der Waals surface area contributed by atoms with Gasteiger partial charge in [-0.1, -0.05) is 90.6 Å². The SMILES string of the molecule is Cc1cccc2c1N(B1c3ccccc3-n3c4ccccc4c4cccc1c43)c1ccccc1S2. The molecule has 0 saturated heterocycles. The Labute approximate surface area is 208 Å². The maximum absolute atomic E-state index is 2.60. The van der Waals surface area contributed by atoms with Gasteiger partial charge in [0.15, 0.2) is 0 Å². The Morgan fingerprint density at radius 2 is 1.29 bits per heavy atom. The molecule has 2 aliphatic rings. The third kappa shape index (κ3) is 2.52. The van der Waals surface area contributed by atoms with Crippen LogP contribution < -0.4 is 15.7 Å². The summed E-state index contributed by atoms with van der Waals surface area (Å²) >= 11 is 1.88. The second-order valence-electron chi connectivity index (χ2n) is 9.42. The van der Waals surface area contributed by atoms with Crippen molar-refractivity contribution in [2.75, 3.05) is 4.81 Å². The molecular weight excluding hydrogens is 443 g/mol. The van der Waals surface area contributed by atoms with Crippen LogP contribution in [0.25, 0.3) is 27.5 Å². The Morgan fingerprint density at radius 1 is 0.600 bits per heavy atom. The summed E-state index contributed by atoms with van der Waals surface area (Å²) in [6.07, 6.45) is 0. The summed E-state index contributed by atoms with van der Waals surface area (Å²) in [6, 6.07) is 40.2. The highest BCUT2D eigenvalue weighted by Gasteiger charge is 2.41. The lowest BCUT2D eigenvalue weighted by atomic mass is 9.46. The highest BCUT2D eigenvalue weighted by atomic mass is 32.2. The molecule has 0 saturated carbocycles. The minimum atomic E-state index is 0.0774. The Hall–Kier alpha value is -3.89. The van der Waals surface area contributed by atoms with Crippen molar-refractivity contribution >= 4 is 62.7 Å². The predicted molar refractivity (Wildman–Crippen MR) is 150 cm³/mol. The monoisotopic (exact) mass is 464 g/mol. The zero-order valence-corrected chi connectivity index (χ0v) is 20.1. The summed E-state index contributed by atoms with van der Waals surface area (Å²) < 4.78 is 2.48. The van der Waals surface area contributed by atoms with Gasteiger partial charge in [-0.05, 0) is 53.7 Å². The van der Waals surface area contributed by atoms with E-state index in [0.29, 0.717) is 0 Å². The van der Waals surface area contributed by atoms with Crippen LogP contribution in [0, 0.1) is 6.92 Å². The Bertz CT molecular complexity index is 1820. The van der Waals surface area contributed by atoms with Crippen LogP contribution in [0.4, 0.5) is 11.4 Å². The molecule has 0 bridgehead atoms. The molecule has 2 nitrogen and oxygen atoms in total. The lowest BCUT2D eigenvalue weighted by Gasteiger charge is -2.41. The van der Waals surface area contributed by atoms with E-state index in [1.165, 1.54) is 65.1 Å². The van der Waals surface area contributed by atoms with Gasteiger partial charge >= 0.3 is 6.85 Å². The number of benzene rings is 5. The fourth-order valence-corrected chi connectivity index (χ4v) is 7.31. The van der Waals surface area contributed by atoms with Crippen molar-refractivity contribution in [1.82, 2.24) is 4.57 Å². The molecule has 5 aromatic carbocycles. The first-order chi connectivity index (χ1) is 17.3. The molecule has 3 heterocycles. The van der Waals surface area contributed by atoms with Crippen molar-refractivity contribution in [2.24, 2.45) is 0 Å². The number of hydrogen-bond acceptors (Lipinski definition) is 2. The maximum atomic E-state index is 2.60. The average Bonchev–Trinajstić information content (AvgIpc) is 3.24. The van der Waals surface area contributed by atoms with Crippen molar-refractivity contribution in [1.29, 1.82) is 0 Å². The summed E-state index contributed by atoms with van der Waals surface area (Å²) in [5.74, 6) is 0. The van der Waals surface area contributed by atoms with Crippen molar-refractivity contribution in [3.8, 4) is 5.69 Å². The van der Waals surface area contributed by atoms with Crippen molar-refractivity contribution in [3.63, 3.8) is 0 Å². The summed E-state index contributed by atoms with van der Waals surface area (Å²) in [7, 11) is 0. The van der Waals surface area contributed by atoms with E-state index in [1.807, 2.05) is 11.8 Å². The summed E-state index contributed by atoms with van der Waals surface area (Å²) in [6.45, 7) is 2.32. The molecule has 0 aliphatic carbocycles. The molecule has 0 spiro atoms. The van der Waals surface area contributed by atoms with Gasteiger partial charge in [0.05, 0.1) is 11.0 Å². The van der Waals surface area contributed by atoms with Crippen LogP contribution >= 0.6 is 11.8 Å². The largest absolute Gasteiger partial charge is 0.375 e. The first-order valence-corrected chi connectivity index (χ1v) is 12.9. The molecule has 164 valence electrons. The van der Waals surface area contributed by atoms with Crippen LogP contribution in [0.3, 0.4) is 0 Å². The molecule has 0 atom stereocenters. The standard InChI is InChI=1S/C31H21BN2S/c1-20-10-8-19-29-30(20)34(27-17-6-7-18-28(27)35-29)32-23-13-3-5-16-26(23)33-25-15-4-2-11-21(25)22-12-9-14-24(32)31(22)33/h2-19H,1H3. The molecule has 4 heteroatoms. The van der Waals surface area contributed by atoms with Gasteiger partial charge < -0.3 is 9.38 Å². The average molecular weight is 464 g/mol. The van der Waals surface area contributed by atoms with Gasteiger partial charge in [0.25, 0.3) is 0 Å². The number of fused-ring (bicyclic) bond motifs is 7. The van der Waals surface area contributed by atoms with Gasteiger partial charge in [-0.3, -0.25) is 0 Å². The van der Waals surface area contributed by atoms with Gasteiger partial charge in [0.1, 0.15) is 0 Å². The topological polar surface area (TPSA) is 8.17 Å². The highest BCUT2D eigenvalue weighted by Crippen LogP contribution is 2.50. The molecule has 0 radical (unpaired) electrons. The number of rotatable bonds is 1. The Morgan fingerprint density at radius 3 is 2.23 bits per heavy atom. The summed E-state index contributed by atoms with van der Waals surface area (Å²) in [4.78, 5) is 5.23. The van der Waals surface area contributed by atoms with Gasteiger partial charge in [-0.25, -0.2) is 0 Å². The number of aromatic nitrogens is 1. The number of nitrogens with zero attached hydrogens (tertiary/aromatic N) is 2. The minimum Gasteiger partial charge on any atom is -0.375 e. The van der Waals surface area contributed by atoms with Crippen LogP contribution in [-0.2, 0) is 0 Å². The highest BCUT2D eigenvalue weighted by molar-refractivity contribution is 7.99. The predicted octanol–water partition coefficient (Wildman–Crippen LogP) is 6.81. The number of para-hydroxylation sites is 5. The molecule has 0 N–H and O–H groups in total. The van der Waals surface area contributed by atoms with E-state index in [0.717, 1.165) is 0 Å². The van der Waals surface area contributed by atoms with Crippen molar-refractivity contribution in [3.05, 3.63) is 115 Å². The number of aryl methyl sites for hydroxylation is 1. The smallest absolute Gasteiger partial charge is 0.332 e. The van der Waals surface area contributed by atoms with Crippen LogP contribution in [0.1, 0.15) is 5.56 Å². The molecule has 35 heavy (non-hydrogen) atoms. The second kappa shape index (κ2) is 7.06. The Balaban J connectivity index is 1.54. The van der Waals surface area contributed by atoms with E-state index < -0.39 is 0 Å². The molecule has 0 amide bonds. The summed E-state index contributed by atoms with van der Waals surface area (Å²) in [5, 5.41) is 2.63. The van der Waals surface area contributed by atoms with Crippen molar-refractivity contribution < 1.29 is 0 Å². The van der Waals surface area contributed by atoms with Gasteiger partial charge in [0.2, 0.25) is 0 Å². The lowest BCUT2D eigenvalue weighted by Crippen LogP contribution is -2.58. The zero-order chi connectivity index (χ0) is 23.1. The number of hydrogen-bond donors (Lipinski definition) is 0. The number of anilines is 2. The molecular formula is C31H21BN2S. The van der Waals surface area contributed by atoms with Gasteiger partial charge in [-0.2, -0.15) is 0 Å². The Kier molecular flexibility index (Phi) is 3.92. The van der Waals surface area contributed by atoms with E-state index in [9.17, 15) is 0 Å². The third-order valence-electron chi connectivity index (χ3n) is 7.54. The third-order valence-corrected chi connectivity index (χ3v) is 8.65. The first-order valence-electron chi connectivity index (χ1n) is 12.1. The molecule has 0 unspecified atom stereocenters. The fraction of sp³-hybridized carbons (Fsp3) is 0.0323. The van der Waals surface area contributed by atoms with Crippen LogP contribution in [0.5, 0.6) is 0 Å². The molecule has 6 aromatic rings. The van der Waals surface area contributed by atoms with Gasteiger partial charge in [0, 0.05) is 37.6 Å². The molecule has 1 aromatic heterocycles. The summed E-state index contributed by atoms with van der Waals surface area (Å²) in [5.41, 5.74) is 10.5. The molecule has 2 aliphatic heterocycles. The van der Waals surface area contributed by atoms with E-state index in [4.69, 9.17) is 0 Å². The maximum Gasteiger partial charge on any atom is 0.332 e. The van der Waals surface area contributed by atoms with Crippen LogP contribution in [0.15, 0.2) is 119 Å². The van der Waals surface area contributed by atoms with Crippen molar-refractivity contribution in [2.45, 2.75) is 16.7 Å².